The molecular weight excluding hydrogens is 389 g/mol. The van der Waals surface area contributed by atoms with Gasteiger partial charge < -0.3 is 4.90 Å². The van der Waals surface area contributed by atoms with E-state index in [0.29, 0.717) is 17.0 Å². The molecule has 2 aromatic rings. The van der Waals surface area contributed by atoms with Crippen molar-refractivity contribution < 1.29 is 13.2 Å². The third kappa shape index (κ3) is 5.15. The van der Waals surface area contributed by atoms with Crippen molar-refractivity contribution in [3.05, 3.63) is 40.4 Å². The van der Waals surface area contributed by atoms with Crippen molar-refractivity contribution in [3.8, 4) is 12.1 Å². The highest BCUT2D eigenvalue weighted by molar-refractivity contribution is 7.16. The molecule has 0 amide bonds. The monoisotopic (exact) mass is 404 g/mol. The largest absolute Gasteiger partial charge is 0.434 e. The van der Waals surface area contributed by atoms with Crippen LogP contribution < -0.4 is 4.90 Å². The van der Waals surface area contributed by atoms with Gasteiger partial charge in [-0.2, -0.15) is 23.7 Å². The van der Waals surface area contributed by atoms with Gasteiger partial charge in [0.15, 0.2) is 5.69 Å². The highest BCUT2D eigenvalue weighted by atomic mass is 32.1. The molecule has 0 fully saturated rings. The van der Waals surface area contributed by atoms with Crippen LogP contribution in [0.2, 0.25) is 0 Å². The highest BCUT2D eigenvalue weighted by Gasteiger charge is 2.37. The third-order valence-electron chi connectivity index (χ3n) is 3.66. The van der Waals surface area contributed by atoms with E-state index in [1.54, 1.807) is 12.1 Å². The molecule has 0 unspecified atom stereocenters. The Labute approximate surface area is 163 Å². The summed E-state index contributed by atoms with van der Waals surface area (Å²) in [6.45, 7) is 5.77. The number of hydrogen-bond acceptors (Lipinski definition) is 7. The molecule has 0 aliphatic rings. The average molecular weight is 404 g/mol. The summed E-state index contributed by atoms with van der Waals surface area (Å²) in [4.78, 5) is 5.22. The number of rotatable bonds is 6. The van der Waals surface area contributed by atoms with Gasteiger partial charge >= 0.3 is 6.18 Å². The van der Waals surface area contributed by atoms with Gasteiger partial charge in [-0.15, -0.1) is 10.2 Å². The molecule has 1 aromatic heterocycles. The molecule has 10 heteroatoms. The van der Waals surface area contributed by atoms with E-state index in [0.717, 1.165) is 24.9 Å². The van der Waals surface area contributed by atoms with E-state index < -0.39 is 17.4 Å². The van der Waals surface area contributed by atoms with E-state index in [2.05, 4.69) is 20.1 Å². The Hall–Kier alpha value is -3.24. The molecule has 144 valence electrons. The first-order valence-electron chi connectivity index (χ1n) is 8.19. The number of alkyl halides is 3. The number of anilines is 1. The summed E-state index contributed by atoms with van der Waals surface area (Å²) in [5.74, 6) is 0. The number of allylic oxidation sites excluding steroid dienone is 1. The molecule has 0 atom stereocenters. The van der Waals surface area contributed by atoms with Gasteiger partial charge in [-0.05, 0) is 44.2 Å². The van der Waals surface area contributed by atoms with Crippen LogP contribution in [0.1, 0.15) is 24.4 Å². The molecule has 0 bridgehead atoms. The zero-order valence-electron chi connectivity index (χ0n) is 15.0. The lowest BCUT2D eigenvalue weighted by Gasteiger charge is -2.20. The van der Waals surface area contributed by atoms with E-state index in [1.807, 2.05) is 26.0 Å². The number of nitrogens with zero attached hydrogens (tertiary/aromatic N) is 6. The molecule has 6 nitrogen and oxygen atoms in total. The second-order valence-electron chi connectivity index (χ2n) is 5.38. The summed E-state index contributed by atoms with van der Waals surface area (Å²) in [5.41, 5.74) is -0.187. The highest BCUT2D eigenvalue weighted by Crippen LogP contribution is 2.38. The van der Waals surface area contributed by atoms with Crippen LogP contribution in [0.5, 0.6) is 0 Å². The minimum Gasteiger partial charge on any atom is -0.372 e. The van der Waals surface area contributed by atoms with Crippen LogP contribution in [-0.2, 0) is 6.18 Å². The number of benzene rings is 1. The quantitative estimate of drug-likeness (QED) is 0.446. The lowest BCUT2D eigenvalue weighted by Crippen LogP contribution is -2.21. The topological polar surface area (TPSA) is 88.4 Å². The van der Waals surface area contributed by atoms with Crippen molar-refractivity contribution in [1.82, 2.24) is 4.98 Å². The first kappa shape index (κ1) is 21.1. The average Bonchev–Trinajstić information content (AvgIpc) is 3.09. The smallest absolute Gasteiger partial charge is 0.372 e. The Morgan fingerprint density at radius 2 is 1.75 bits per heavy atom. The Balaban J connectivity index is 2.31. The Morgan fingerprint density at radius 3 is 2.25 bits per heavy atom. The van der Waals surface area contributed by atoms with Crippen LogP contribution in [0.15, 0.2) is 40.1 Å². The zero-order chi connectivity index (χ0) is 20.7. The fourth-order valence-corrected chi connectivity index (χ4v) is 3.15. The number of azo groups is 1. The molecule has 1 aromatic carbocycles. The Morgan fingerprint density at radius 1 is 1.14 bits per heavy atom. The van der Waals surface area contributed by atoms with Crippen LogP contribution in [0.4, 0.5) is 29.7 Å². The van der Waals surface area contributed by atoms with E-state index >= 15 is 0 Å². The van der Waals surface area contributed by atoms with Gasteiger partial charge in [0.05, 0.1) is 10.6 Å². The minimum absolute atomic E-state index is 0.221. The second kappa shape index (κ2) is 9.11. The number of halogens is 3. The molecule has 2 rings (SSSR count). The van der Waals surface area contributed by atoms with E-state index in [-0.39, 0.29) is 10.0 Å². The summed E-state index contributed by atoms with van der Waals surface area (Å²) in [5, 5.41) is 25.0. The summed E-state index contributed by atoms with van der Waals surface area (Å²) >= 11 is 0.602. The summed E-state index contributed by atoms with van der Waals surface area (Å²) < 4.78 is 39.4. The molecule has 0 saturated carbocycles. The van der Waals surface area contributed by atoms with E-state index in [9.17, 15) is 13.2 Å². The molecule has 1 heterocycles. The predicted molar refractivity (Wildman–Crippen MR) is 100 cm³/mol. The van der Waals surface area contributed by atoms with Crippen molar-refractivity contribution in [2.75, 3.05) is 18.0 Å². The molecule has 0 spiro atoms. The Bertz CT molecular complexity index is 941. The molecule has 0 aliphatic heterocycles. The van der Waals surface area contributed by atoms with Crippen molar-refractivity contribution in [1.29, 1.82) is 10.5 Å². The Kier molecular flexibility index (Phi) is 6.85. The van der Waals surface area contributed by atoms with Gasteiger partial charge in [0.25, 0.3) is 0 Å². The summed E-state index contributed by atoms with van der Waals surface area (Å²) in [7, 11) is 0. The van der Waals surface area contributed by atoms with Gasteiger partial charge in [-0.1, -0.05) is 11.3 Å². The van der Waals surface area contributed by atoms with Gasteiger partial charge in [0.1, 0.15) is 17.7 Å². The maximum absolute atomic E-state index is 13.1. The molecule has 0 N–H and O–H groups in total. The van der Waals surface area contributed by atoms with Crippen LogP contribution in [0.25, 0.3) is 6.08 Å². The van der Waals surface area contributed by atoms with Crippen LogP contribution in [0, 0.1) is 22.7 Å². The lowest BCUT2D eigenvalue weighted by atomic mass is 10.2. The first-order chi connectivity index (χ1) is 13.3. The molecule has 0 aliphatic carbocycles. The van der Waals surface area contributed by atoms with Crippen molar-refractivity contribution in [2.24, 2.45) is 10.2 Å². The predicted octanol–water partition coefficient (Wildman–Crippen LogP) is 5.85. The molecule has 0 saturated heterocycles. The SMILES string of the molecule is CCN(CC)c1ccc(N=Nc2nc(C(F)(F)F)c(C=C(C#N)C#N)s2)cc1. The van der Waals surface area contributed by atoms with E-state index in [1.165, 1.54) is 12.1 Å². The standard InChI is InChI=1S/C18H15F3N6S/c1-3-27(4-2)14-7-5-13(6-8-14)25-26-17-24-16(18(19,20)21)15(28-17)9-12(10-22)11-23/h5-9H,3-4H2,1-2H3. The molecular formula is C18H15F3N6S. The number of hydrogen-bond donors (Lipinski definition) is 0. The lowest BCUT2D eigenvalue weighted by molar-refractivity contribution is -0.140. The third-order valence-corrected chi connectivity index (χ3v) is 4.54. The van der Waals surface area contributed by atoms with Crippen molar-refractivity contribution in [3.63, 3.8) is 0 Å². The fourth-order valence-electron chi connectivity index (χ4n) is 2.30. The minimum atomic E-state index is -4.74. The fraction of sp³-hybridized carbons (Fsp3) is 0.278. The van der Waals surface area contributed by atoms with Crippen LogP contribution in [-0.4, -0.2) is 18.1 Å². The summed E-state index contributed by atoms with van der Waals surface area (Å²) in [6, 6.07) is 10.2. The molecule has 0 radical (unpaired) electrons. The first-order valence-corrected chi connectivity index (χ1v) is 9.00. The van der Waals surface area contributed by atoms with Gasteiger partial charge in [-0.25, -0.2) is 4.98 Å². The number of aromatic nitrogens is 1. The van der Waals surface area contributed by atoms with Gasteiger partial charge in [-0.3, -0.25) is 0 Å². The zero-order valence-corrected chi connectivity index (χ0v) is 15.8. The van der Waals surface area contributed by atoms with Crippen LogP contribution >= 0.6 is 11.3 Å². The summed E-state index contributed by atoms with van der Waals surface area (Å²) in [6.07, 6.45) is -3.89. The molecule has 28 heavy (non-hydrogen) atoms. The maximum Gasteiger partial charge on any atom is 0.434 e. The van der Waals surface area contributed by atoms with Crippen molar-refractivity contribution in [2.45, 2.75) is 20.0 Å². The number of nitriles is 2. The van der Waals surface area contributed by atoms with Gasteiger partial charge in [0, 0.05) is 18.8 Å². The van der Waals surface area contributed by atoms with Gasteiger partial charge in [0.2, 0.25) is 5.13 Å². The van der Waals surface area contributed by atoms with Crippen molar-refractivity contribution >= 4 is 33.9 Å². The maximum atomic E-state index is 13.1. The number of thiazole rings is 1. The second-order valence-corrected chi connectivity index (χ2v) is 6.39. The van der Waals surface area contributed by atoms with E-state index in [4.69, 9.17) is 10.5 Å². The van der Waals surface area contributed by atoms with Crippen LogP contribution in [0.3, 0.4) is 0 Å². The normalized spacial score (nSPS) is 11.1.